The normalized spacial score (nSPS) is 15.5. The van der Waals surface area contributed by atoms with E-state index in [0.717, 1.165) is 12.8 Å². The maximum absolute atomic E-state index is 10.9. The molecule has 0 bridgehead atoms. The minimum Gasteiger partial charge on any atom is -0.479 e. The molecule has 0 aromatic carbocycles. The average molecular weight is 202 g/mol. The van der Waals surface area contributed by atoms with Gasteiger partial charge in [0.1, 0.15) is 0 Å². The summed E-state index contributed by atoms with van der Waals surface area (Å²) >= 11 is 0. The number of aliphatic carboxylic acids is 1. The lowest BCUT2D eigenvalue weighted by Gasteiger charge is -2.23. The van der Waals surface area contributed by atoms with Crippen LogP contribution >= 0.6 is 0 Å². The second kappa shape index (κ2) is 6.02. The number of carboxylic acid groups (broad SMARTS) is 1. The molecule has 1 atom stereocenters. The van der Waals surface area contributed by atoms with Crippen LogP contribution in [0.1, 0.15) is 47.0 Å². The van der Waals surface area contributed by atoms with Crippen molar-refractivity contribution in [3.05, 3.63) is 0 Å². The molecule has 3 heteroatoms. The number of hydrogen-bond donors (Lipinski definition) is 1. The lowest BCUT2D eigenvalue weighted by molar-refractivity contribution is -0.164. The van der Waals surface area contributed by atoms with Gasteiger partial charge < -0.3 is 9.84 Å². The maximum Gasteiger partial charge on any atom is 0.335 e. The summed E-state index contributed by atoms with van der Waals surface area (Å²) in [5.41, 5.74) is -1.00. The third-order valence-electron chi connectivity index (χ3n) is 2.47. The van der Waals surface area contributed by atoms with E-state index in [2.05, 4.69) is 13.8 Å². The van der Waals surface area contributed by atoms with Gasteiger partial charge in [0.25, 0.3) is 0 Å². The molecule has 0 aromatic heterocycles. The average Bonchev–Trinajstić information content (AvgIpc) is 2.11. The highest BCUT2D eigenvalue weighted by atomic mass is 16.5. The van der Waals surface area contributed by atoms with Crippen LogP contribution in [0.3, 0.4) is 0 Å². The molecule has 0 saturated carbocycles. The summed E-state index contributed by atoms with van der Waals surface area (Å²) in [6.07, 6.45) is 2.52. The molecule has 0 aliphatic heterocycles. The fourth-order valence-electron chi connectivity index (χ4n) is 1.10. The van der Waals surface area contributed by atoms with E-state index in [0.29, 0.717) is 18.9 Å². The highest BCUT2D eigenvalue weighted by Gasteiger charge is 2.31. The molecule has 3 nitrogen and oxygen atoms in total. The zero-order valence-corrected chi connectivity index (χ0v) is 9.67. The Morgan fingerprint density at radius 2 is 2.07 bits per heavy atom. The van der Waals surface area contributed by atoms with E-state index >= 15 is 0 Å². The Kier molecular flexibility index (Phi) is 5.77. The zero-order valence-electron chi connectivity index (χ0n) is 9.67. The Morgan fingerprint density at radius 3 is 2.43 bits per heavy atom. The predicted molar refractivity (Wildman–Crippen MR) is 56.4 cm³/mol. The van der Waals surface area contributed by atoms with Crippen LogP contribution in [0.4, 0.5) is 0 Å². The van der Waals surface area contributed by atoms with Crippen molar-refractivity contribution in [2.45, 2.75) is 52.6 Å². The Hall–Kier alpha value is -0.570. The molecule has 1 unspecified atom stereocenters. The quantitative estimate of drug-likeness (QED) is 0.646. The van der Waals surface area contributed by atoms with Gasteiger partial charge in [-0.25, -0.2) is 4.79 Å². The minimum absolute atomic E-state index is 0.504. The van der Waals surface area contributed by atoms with Gasteiger partial charge >= 0.3 is 5.97 Å². The topological polar surface area (TPSA) is 46.5 Å². The summed E-state index contributed by atoms with van der Waals surface area (Å²) in [7, 11) is 0. The van der Waals surface area contributed by atoms with Gasteiger partial charge in [0.2, 0.25) is 0 Å². The monoisotopic (exact) mass is 202 g/mol. The Morgan fingerprint density at radius 1 is 1.50 bits per heavy atom. The summed E-state index contributed by atoms with van der Waals surface area (Å²) in [6.45, 7) is 8.29. The highest BCUT2D eigenvalue weighted by Crippen LogP contribution is 2.16. The van der Waals surface area contributed by atoms with E-state index in [-0.39, 0.29) is 0 Å². The van der Waals surface area contributed by atoms with Gasteiger partial charge in [-0.15, -0.1) is 0 Å². The van der Waals surface area contributed by atoms with Crippen LogP contribution in [0, 0.1) is 5.92 Å². The molecule has 0 fully saturated rings. The molecule has 0 spiro atoms. The van der Waals surface area contributed by atoms with Gasteiger partial charge in [-0.2, -0.15) is 0 Å². The second-order valence-corrected chi connectivity index (χ2v) is 4.27. The van der Waals surface area contributed by atoms with Crippen LogP contribution in [0.2, 0.25) is 0 Å². The van der Waals surface area contributed by atoms with Gasteiger partial charge in [0.05, 0.1) is 0 Å². The van der Waals surface area contributed by atoms with Crippen molar-refractivity contribution in [3.63, 3.8) is 0 Å². The lowest BCUT2D eigenvalue weighted by Crippen LogP contribution is -2.37. The van der Waals surface area contributed by atoms with Crippen molar-refractivity contribution >= 4 is 5.97 Å². The molecule has 0 amide bonds. The number of carbonyl (C=O) groups is 1. The molecule has 0 aliphatic carbocycles. The summed E-state index contributed by atoms with van der Waals surface area (Å²) in [5.74, 6) is -0.221. The van der Waals surface area contributed by atoms with Gasteiger partial charge in [-0.3, -0.25) is 0 Å². The lowest BCUT2D eigenvalue weighted by atomic mass is 10.0. The predicted octanol–water partition coefficient (Wildman–Crippen LogP) is 2.69. The third-order valence-corrected chi connectivity index (χ3v) is 2.47. The molecule has 0 heterocycles. The molecule has 0 rings (SSSR count). The van der Waals surface area contributed by atoms with Crippen LogP contribution in [-0.2, 0) is 9.53 Å². The van der Waals surface area contributed by atoms with Gasteiger partial charge in [-0.05, 0) is 32.1 Å². The van der Waals surface area contributed by atoms with Gasteiger partial charge in [-0.1, -0.05) is 20.8 Å². The Labute approximate surface area is 86.5 Å². The third kappa shape index (κ3) is 4.61. The zero-order chi connectivity index (χ0) is 11.2. The van der Waals surface area contributed by atoms with E-state index in [1.165, 1.54) is 0 Å². The first-order valence-electron chi connectivity index (χ1n) is 5.29. The van der Waals surface area contributed by atoms with Crippen LogP contribution in [-0.4, -0.2) is 23.3 Å². The van der Waals surface area contributed by atoms with Crippen LogP contribution in [0.5, 0.6) is 0 Å². The summed E-state index contributed by atoms with van der Waals surface area (Å²) in [4.78, 5) is 10.9. The van der Waals surface area contributed by atoms with Gasteiger partial charge in [0.15, 0.2) is 5.60 Å². The first-order valence-corrected chi connectivity index (χ1v) is 5.29. The highest BCUT2D eigenvalue weighted by molar-refractivity contribution is 5.76. The molecule has 0 radical (unpaired) electrons. The molecule has 1 N–H and O–H groups in total. The molecule has 0 aromatic rings. The Bertz CT molecular complexity index is 177. The molecule has 14 heavy (non-hydrogen) atoms. The van der Waals surface area contributed by atoms with Crippen molar-refractivity contribution in [3.8, 4) is 0 Å². The van der Waals surface area contributed by atoms with Crippen molar-refractivity contribution in [2.75, 3.05) is 6.61 Å². The van der Waals surface area contributed by atoms with Crippen LogP contribution in [0.15, 0.2) is 0 Å². The summed E-state index contributed by atoms with van der Waals surface area (Å²) in [5, 5.41) is 8.92. The minimum atomic E-state index is -1.00. The van der Waals surface area contributed by atoms with Crippen molar-refractivity contribution in [1.82, 2.24) is 0 Å². The van der Waals surface area contributed by atoms with E-state index in [9.17, 15) is 4.79 Å². The Balaban J connectivity index is 3.79. The SMILES string of the molecule is CCC(C)(OCCCC(C)C)C(=O)O. The van der Waals surface area contributed by atoms with E-state index < -0.39 is 11.6 Å². The number of hydrogen-bond acceptors (Lipinski definition) is 2. The number of ether oxygens (including phenoxy) is 1. The molecule has 84 valence electrons. The second-order valence-electron chi connectivity index (χ2n) is 4.27. The van der Waals surface area contributed by atoms with Crippen LogP contribution in [0.25, 0.3) is 0 Å². The van der Waals surface area contributed by atoms with E-state index in [1.807, 2.05) is 6.92 Å². The maximum atomic E-state index is 10.9. The number of carboxylic acids is 1. The standard InChI is InChI=1S/C11H22O3/c1-5-11(4,10(12)13)14-8-6-7-9(2)3/h9H,5-8H2,1-4H3,(H,12,13). The first-order chi connectivity index (χ1) is 6.42. The molecule has 0 aliphatic rings. The largest absolute Gasteiger partial charge is 0.479 e. The number of rotatable bonds is 7. The van der Waals surface area contributed by atoms with Crippen molar-refractivity contribution < 1.29 is 14.6 Å². The van der Waals surface area contributed by atoms with Crippen LogP contribution < -0.4 is 0 Å². The molecular formula is C11H22O3. The van der Waals surface area contributed by atoms with Crippen molar-refractivity contribution in [1.29, 1.82) is 0 Å². The molecule has 0 saturated heterocycles. The fraction of sp³-hybridized carbons (Fsp3) is 0.909. The smallest absolute Gasteiger partial charge is 0.335 e. The molecular weight excluding hydrogens is 180 g/mol. The fourth-order valence-corrected chi connectivity index (χ4v) is 1.10. The summed E-state index contributed by atoms with van der Waals surface area (Å²) in [6, 6.07) is 0. The van der Waals surface area contributed by atoms with Gasteiger partial charge in [0, 0.05) is 6.61 Å². The summed E-state index contributed by atoms with van der Waals surface area (Å²) < 4.78 is 5.39. The van der Waals surface area contributed by atoms with E-state index in [1.54, 1.807) is 6.92 Å². The van der Waals surface area contributed by atoms with Crippen molar-refractivity contribution in [2.24, 2.45) is 5.92 Å². The first kappa shape index (κ1) is 13.4. The van der Waals surface area contributed by atoms with E-state index in [4.69, 9.17) is 9.84 Å².